The molecule has 1 saturated heterocycles. The predicted molar refractivity (Wildman–Crippen MR) is 131 cm³/mol. The maximum absolute atomic E-state index is 13.5. The molecule has 2 aliphatic heterocycles. The highest BCUT2D eigenvalue weighted by Crippen LogP contribution is 2.50. The van der Waals surface area contributed by atoms with Gasteiger partial charge in [0.1, 0.15) is 0 Å². The van der Waals surface area contributed by atoms with Crippen LogP contribution >= 0.6 is 0 Å². The first-order valence-corrected chi connectivity index (χ1v) is 11.7. The van der Waals surface area contributed by atoms with E-state index in [4.69, 9.17) is 0 Å². The minimum Gasteiger partial charge on any atom is -0.369 e. The zero-order valence-corrected chi connectivity index (χ0v) is 19.1. The summed E-state index contributed by atoms with van der Waals surface area (Å²) in [7, 11) is 2.15. The zero-order valence-electron chi connectivity index (χ0n) is 19.1. The first-order valence-electron chi connectivity index (χ1n) is 11.7. The van der Waals surface area contributed by atoms with Crippen LogP contribution in [-0.4, -0.2) is 49.9 Å². The van der Waals surface area contributed by atoms with E-state index in [1.807, 2.05) is 31.2 Å². The molecule has 0 bridgehead atoms. The Labute approximate surface area is 193 Å². The summed E-state index contributed by atoms with van der Waals surface area (Å²) < 4.78 is 0. The van der Waals surface area contributed by atoms with Gasteiger partial charge in [-0.3, -0.25) is 9.59 Å². The number of nitrogens with one attached hydrogen (secondary N) is 2. The van der Waals surface area contributed by atoms with Gasteiger partial charge >= 0.3 is 0 Å². The van der Waals surface area contributed by atoms with Crippen molar-refractivity contribution >= 4 is 34.0 Å². The average molecular weight is 441 g/mol. The standard InChI is InChI=1S/C27H28N4O2/c1-17-6-7-18(31-14-12-30(2)13-15-31)16-21(17)26(33)29-27(10-11-27)22-8-9-23-24-19(22)4-3-5-20(24)25(32)28-23/h3-9,16H,10-15H2,1-2H3,(H,28,32)(H,29,33). The Kier molecular flexibility index (Phi) is 4.49. The fourth-order valence-electron chi connectivity index (χ4n) is 5.29. The van der Waals surface area contributed by atoms with Gasteiger partial charge in [0, 0.05) is 54.1 Å². The van der Waals surface area contributed by atoms with Crippen LogP contribution in [0.15, 0.2) is 48.5 Å². The first-order chi connectivity index (χ1) is 15.9. The molecule has 0 atom stereocenters. The number of amides is 2. The van der Waals surface area contributed by atoms with Gasteiger partial charge in [-0.05, 0) is 67.6 Å². The summed E-state index contributed by atoms with van der Waals surface area (Å²) in [6.07, 6.45) is 1.80. The number of anilines is 2. The van der Waals surface area contributed by atoms with Gasteiger partial charge in [-0.25, -0.2) is 0 Å². The van der Waals surface area contributed by atoms with Crippen molar-refractivity contribution in [2.45, 2.75) is 25.3 Å². The maximum Gasteiger partial charge on any atom is 0.256 e. The van der Waals surface area contributed by atoms with Gasteiger partial charge in [-0.1, -0.05) is 24.3 Å². The molecule has 2 fully saturated rings. The van der Waals surface area contributed by atoms with Crippen LogP contribution in [0, 0.1) is 6.92 Å². The van der Waals surface area contributed by atoms with Crippen molar-refractivity contribution in [1.29, 1.82) is 0 Å². The molecule has 168 valence electrons. The minimum absolute atomic E-state index is 0.0292. The van der Waals surface area contributed by atoms with Crippen LogP contribution in [-0.2, 0) is 5.54 Å². The van der Waals surface area contributed by atoms with Crippen molar-refractivity contribution < 1.29 is 9.59 Å². The minimum atomic E-state index is -0.379. The van der Waals surface area contributed by atoms with Crippen molar-refractivity contribution in [2.24, 2.45) is 0 Å². The lowest BCUT2D eigenvalue weighted by Gasteiger charge is -2.34. The number of benzene rings is 3. The van der Waals surface area contributed by atoms with E-state index >= 15 is 0 Å². The lowest BCUT2D eigenvalue weighted by molar-refractivity contribution is 0.0930. The molecule has 6 heteroatoms. The largest absolute Gasteiger partial charge is 0.369 e. The van der Waals surface area contributed by atoms with E-state index in [0.717, 1.165) is 77.9 Å². The Morgan fingerprint density at radius 2 is 1.82 bits per heavy atom. The molecule has 3 aromatic rings. The van der Waals surface area contributed by atoms with Crippen LogP contribution in [0.25, 0.3) is 10.8 Å². The molecule has 1 saturated carbocycles. The second-order valence-corrected chi connectivity index (χ2v) is 9.67. The molecule has 33 heavy (non-hydrogen) atoms. The molecule has 2 heterocycles. The van der Waals surface area contributed by atoms with E-state index in [1.165, 1.54) is 0 Å². The summed E-state index contributed by atoms with van der Waals surface area (Å²) in [5.41, 5.74) is 5.11. The molecule has 3 aliphatic rings. The number of rotatable bonds is 4. The van der Waals surface area contributed by atoms with E-state index in [2.05, 4.69) is 51.7 Å². The smallest absolute Gasteiger partial charge is 0.256 e. The second-order valence-electron chi connectivity index (χ2n) is 9.67. The third kappa shape index (κ3) is 3.28. The number of nitrogens with zero attached hydrogens (tertiary/aromatic N) is 2. The van der Waals surface area contributed by atoms with Crippen LogP contribution in [0.2, 0.25) is 0 Å². The van der Waals surface area contributed by atoms with Gasteiger partial charge in [0.15, 0.2) is 0 Å². The fraction of sp³-hybridized carbons (Fsp3) is 0.333. The summed E-state index contributed by atoms with van der Waals surface area (Å²) in [5, 5.41) is 8.33. The van der Waals surface area contributed by atoms with E-state index < -0.39 is 0 Å². The van der Waals surface area contributed by atoms with Gasteiger partial charge in [0.05, 0.1) is 5.54 Å². The number of hydrogen-bond acceptors (Lipinski definition) is 4. The van der Waals surface area contributed by atoms with E-state index in [1.54, 1.807) is 0 Å². The molecule has 0 radical (unpaired) electrons. The Balaban J connectivity index is 1.31. The SMILES string of the molecule is Cc1ccc(N2CCN(C)CC2)cc1C(=O)NC1(c2ccc3c4c(cccc24)C(=O)N3)CC1. The van der Waals surface area contributed by atoms with E-state index in [-0.39, 0.29) is 17.4 Å². The average Bonchev–Trinajstić information content (AvgIpc) is 3.52. The summed E-state index contributed by atoms with van der Waals surface area (Å²) in [6.45, 7) is 6.00. The molecule has 2 N–H and O–H groups in total. The number of piperazine rings is 1. The van der Waals surface area contributed by atoms with Crippen LogP contribution in [0.3, 0.4) is 0 Å². The van der Waals surface area contributed by atoms with Gasteiger partial charge in [-0.15, -0.1) is 0 Å². The van der Waals surface area contributed by atoms with Crippen LogP contribution < -0.4 is 15.5 Å². The highest BCUT2D eigenvalue weighted by Gasteiger charge is 2.47. The molecule has 0 aromatic heterocycles. The second kappa shape index (κ2) is 7.32. The molecule has 3 aromatic carbocycles. The lowest BCUT2D eigenvalue weighted by atomic mass is 9.94. The number of carbonyl (C=O) groups excluding carboxylic acids is 2. The maximum atomic E-state index is 13.5. The van der Waals surface area contributed by atoms with Crippen LogP contribution in [0.1, 0.15) is 44.7 Å². The highest BCUT2D eigenvalue weighted by molar-refractivity contribution is 6.24. The molecule has 1 aliphatic carbocycles. The molecule has 6 rings (SSSR count). The monoisotopic (exact) mass is 440 g/mol. The topological polar surface area (TPSA) is 64.7 Å². The van der Waals surface area contributed by atoms with Gasteiger partial charge in [-0.2, -0.15) is 0 Å². The first kappa shape index (κ1) is 20.2. The molecular weight excluding hydrogens is 412 g/mol. The zero-order chi connectivity index (χ0) is 22.7. The van der Waals surface area contributed by atoms with Gasteiger partial charge < -0.3 is 20.4 Å². The molecule has 0 unspecified atom stereocenters. The quantitative estimate of drug-likeness (QED) is 0.646. The summed E-state index contributed by atoms with van der Waals surface area (Å²) in [6, 6.07) is 16.1. The Morgan fingerprint density at radius 1 is 1.03 bits per heavy atom. The number of likely N-dealkylation sites (N-methyl/N-ethyl adjacent to an activating group) is 1. The highest BCUT2D eigenvalue weighted by atomic mass is 16.2. The molecular formula is C27H28N4O2. The number of hydrogen-bond donors (Lipinski definition) is 2. The van der Waals surface area contributed by atoms with E-state index in [9.17, 15) is 9.59 Å². The van der Waals surface area contributed by atoms with Crippen molar-refractivity contribution in [1.82, 2.24) is 10.2 Å². The van der Waals surface area contributed by atoms with Crippen molar-refractivity contribution in [3.05, 3.63) is 70.8 Å². The van der Waals surface area contributed by atoms with Crippen molar-refractivity contribution in [2.75, 3.05) is 43.4 Å². The van der Waals surface area contributed by atoms with Gasteiger partial charge in [0.25, 0.3) is 11.8 Å². The van der Waals surface area contributed by atoms with Crippen molar-refractivity contribution in [3.63, 3.8) is 0 Å². The number of aryl methyl sites for hydroxylation is 1. The summed E-state index contributed by atoms with van der Waals surface area (Å²) >= 11 is 0. The summed E-state index contributed by atoms with van der Waals surface area (Å²) in [5.74, 6) is -0.0867. The summed E-state index contributed by atoms with van der Waals surface area (Å²) in [4.78, 5) is 30.5. The van der Waals surface area contributed by atoms with Crippen LogP contribution in [0.4, 0.5) is 11.4 Å². The third-order valence-corrected chi connectivity index (χ3v) is 7.49. The van der Waals surface area contributed by atoms with E-state index in [0.29, 0.717) is 5.56 Å². The molecule has 2 amide bonds. The fourth-order valence-corrected chi connectivity index (χ4v) is 5.29. The Morgan fingerprint density at radius 3 is 2.58 bits per heavy atom. The normalized spacial score (nSPS) is 19.0. The Bertz CT molecular complexity index is 1300. The third-order valence-electron chi connectivity index (χ3n) is 7.49. The lowest BCUT2D eigenvalue weighted by Crippen LogP contribution is -2.44. The molecule has 0 spiro atoms. The Hall–Kier alpha value is -3.38. The number of carbonyl (C=O) groups is 2. The predicted octanol–water partition coefficient (Wildman–Crippen LogP) is 3.88. The molecule has 6 nitrogen and oxygen atoms in total. The van der Waals surface area contributed by atoms with Crippen LogP contribution in [0.5, 0.6) is 0 Å². The van der Waals surface area contributed by atoms with Crippen molar-refractivity contribution in [3.8, 4) is 0 Å². The van der Waals surface area contributed by atoms with Gasteiger partial charge in [0.2, 0.25) is 0 Å².